The van der Waals surface area contributed by atoms with Crippen molar-refractivity contribution in [3.05, 3.63) is 40.3 Å². The van der Waals surface area contributed by atoms with Crippen LogP contribution in [0.25, 0.3) is 10.4 Å². The summed E-state index contributed by atoms with van der Waals surface area (Å²) in [7, 11) is 1.63. The Labute approximate surface area is 118 Å². The summed E-state index contributed by atoms with van der Waals surface area (Å²) >= 11 is 0. The number of nitrogens with zero attached hydrogens (tertiary/aromatic N) is 4. The standard InChI is InChI=1S/C14H18N4O2/c1-10(12-3-5-13(20-2)6-4-12)18-9-11(7-14(18)19)8-16-17-15/h3-6,10-11H,7-9H2,1-2H3/t10-,11?/m0/s1. The van der Waals surface area contributed by atoms with Crippen molar-refractivity contribution in [3.63, 3.8) is 0 Å². The number of azide groups is 1. The maximum Gasteiger partial charge on any atom is 0.223 e. The molecule has 0 spiro atoms. The van der Waals surface area contributed by atoms with Gasteiger partial charge in [0.05, 0.1) is 13.2 Å². The summed E-state index contributed by atoms with van der Waals surface area (Å²) in [5.41, 5.74) is 9.42. The molecule has 1 unspecified atom stereocenters. The molecule has 2 rings (SSSR count). The van der Waals surface area contributed by atoms with Crippen LogP contribution in [-0.2, 0) is 4.79 Å². The number of hydrogen-bond donors (Lipinski definition) is 0. The molecular formula is C14H18N4O2. The second-order valence-corrected chi connectivity index (χ2v) is 4.98. The Morgan fingerprint density at radius 3 is 2.80 bits per heavy atom. The molecule has 0 aromatic heterocycles. The van der Waals surface area contributed by atoms with Gasteiger partial charge in [0.1, 0.15) is 5.75 Å². The lowest BCUT2D eigenvalue weighted by atomic mass is 10.1. The largest absolute Gasteiger partial charge is 0.497 e. The zero-order valence-corrected chi connectivity index (χ0v) is 11.7. The van der Waals surface area contributed by atoms with Crippen molar-refractivity contribution >= 4 is 5.91 Å². The quantitative estimate of drug-likeness (QED) is 0.470. The number of benzene rings is 1. The van der Waals surface area contributed by atoms with Gasteiger partial charge in [-0.25, -0.2) is 0 Å². The maximum atomic E-state index is 12.1. The van der Waals surface area contributed by atoms with Crippen molar-refractivity contribution in [3.8, 4) is 5.75 Å². The first-order valence-corrected chi connectivity index (χ1v) is 6.60. The molecule has 1 aromatic carbocycles. The van der Waals surface area contributed by atoms with Gasteiger partial charge in [-0.15, -0.1) is 0 Å². The Hall–Kier alpha value is -2.20. The van der Waals surface area contributed by atoms with E-state index in [2.05, 4.69) is 10.0 Å². The van der Waals surface area contributed by atoms with Gasteiger partial charge >= 0.3 is 0 Å². The van der Waals surface area contributed by atoms with Gasteiger partial charge in [-0.2, -0.15) is 0 Å². The molecule has 0 aliphatic carbocycles. The number of hydrogen-bond acceptors (Lipinski definition) is 3. The lowest BCUT2D eigenvalue weighted by Crippen LogP contribution is -2.28. The first kappa shape index (κ1) is 14.2. The molecule has 1 fully saturated rings. The summed E-state index contributed by atoms with van der Waals surface area (Å²) in [6, 6.07) is 7.74. The van der Waals surface area contributed by atoms with E-state index in [1.165, 1.54) is 0 Å². The normalized spacial score (nSPS) is 19.6. The van der Waals surface area contributed by atoms with Crippen LogP contribution in [0.2, 0.25) is 0 Å². The van der Waals surface area contributed by atoms with Crippen molar-refractivity contribution in [2.45, 2.75) is 19.4 Å². The summed E-state index contributed by atoms with van der Waals surface area (Å²) in [5, 5.41) is 3.56. The van der Waals surface area contributed by atoms with Gasteiger partial charge in [-0.1, -0.05) is 17.2 Å². The molecule has 20 heavy (non-hydrogen) atoms. The molecule has 1 heterocycles. The first-order chi connectivity index (χ1) is 9.65. The third kappa shape index (κ3) is 3.03. The average Bonchev–Trinajstić information content (AvgIpc) is 2.85. The predicted molar refractivity (Wildman–Crippen MR) is 75.2 cm³/mol. The number of carbonyl (C=O) groups is 1. The molecule has 0 radical (unpaired) electrons. The fourth-order valence-electron chi connectivity index (χ4n) is 2.52. The minimum atomic E-state index is 0.0180. The molecule has 0 N–H and O–H groups in total. The van der Waals surface area contributed by atoms with Gasteiger partial charge in [0.15, 0.2) is 0 Å². The van der Waals surface area contributed by atoms with E-state index in [1.807, 2.05) is 36.1 Å². The van der Waals surface area contributed by atoms with Crippen LogP contribution in [0.1, 0.15) is 24.9 Å². The molecule has 1 aromatic rings. The number of carbonyl (C=O) groups excluding carboxylic acids is 1. The predicted octanol–water partition coefficient (Wildman–Crippen LogP) is 2.92. The minimum absolute atomic E-state index is 0.0180. The van der Waals surface area contributed by atoms with Crippen LogP contribution in [0, 0.1) is 5.92 Å². The molecule has 0 saturated carbocycles. The summed E-state index contributed by atoms with van der Waals surface area (Å²) in [5.74, 6) is 1.04. The van der Waals surface area contributed by atoms with Crippen LogP contribution in [0.5, 0.6) is 5.75 Å². The Morgan fingerprint density at radius 2 is 2.20 bits per heavy atom. The Balaban J connectivity index is 2.06. The van der Waals surface area contributed by atoms with Gasteiger partial charge in [0, 0.05) is 24.4 Å². The molecule has 2 atom stereocenters. The summed E-state index contributed by atoms with van der Waals surface area (Å²) in [6.07, 6.45) is 0.458. The van der Waals surface area contributed by atoms with Crippen LogP contribution < -0.4 is 4.74 Å². The molecule has 0 bridgehead atoms. The highest BCUT2D eigenvalue weighted by molar-refractivity contribution is 5.79. The monoisotopic (exact) mass is 274 g/mol. The number of likely N-dealkylation sites (tertiary alicyclic amines) is 1. The zero-order chi connectivity index (χ0) is 14.5. The van der Waals surface area contributed by atoms with Crippen molar-refractivity contribution in [2.75, 3.05) is 20.2 Å². The fraction of sp³-hybridized carbons (Fsp3) is 0.500. The number of ether oxygens (including phenoxy) is 1. The SMILES string of the molecule is COc1ccc([C@H](C)N2CC(CN=[N+]=[N-])CC2=O)cc1. The molecule has 1 saturated heterocycles. The second kappa shape index (κ2) is 6.30. The maximum absolute atomic E-state index is 12.1. The van der Waals surface area contributed by atoms with E-state index in [-0.39, 0.29) is 17.9 Å². The van der Waals surface area contributed by atoms with Crippen LogP contribution >= 0.6 is 0 Å². The van der Waals surface area contributed by atoms with Crippen LogP contribution in [-0.4, -0.2) is 31.0 Å². The Kier molecular flexibility index (Phi) is 4.48. The number of rotatable bonds is 5. The van der Waals surface area contributed by atoms with Crippen LogP contribution in [0.15, 0.2) is 29.4 Å². The summed E-state index contributed by atoms with van der Waals surface area (Å²) in [4.78, 5) is 16.7. The Morgan fingerprint density at radius 1 is 1.50 bits per heavy atom. The number of methoxy groups -OCH3 is 1. The number of amides is 1. The van der Waals surface area contributed by atoms with Crippen molar-refractivity contribution < 1.29 is 9.53 Å². The van der Waals surface area contributed by atoms with E-state index in [0.29, 0.717) is 19.5 Å². The highest BCUT2D eigenvalue weighted by atomic mass is 16.5. The summed E-state index contributed by atoms with van der Waals surface area (Å²) < 4.78 is 5.13. The second-order valence-electron chi connectivity index (χ2n) is 4.98. The van der Waals surface area contributed by atoms with Crippen molar-refractivity contribution in [1.29, 1.82) is 0 Å². The van der Waals surface area contributed by atoms with E-state index in [1.54, 1.807) is 7.11 Å². The average molecular weight is 274 g/mol. The van der Waals surface area contributed by atoms with Gasteiger partial charge in [0.2, 0.25) is 5.91 Å². The van der Waals surface area contributed by atoms with Gasteiger partial charge in [0.25, 0.3) is 0 Å². The van der Waals surface area contributed by atoms with Crippen molar-refractivity contribution in [1.82, 2.24) is 4.90 Å². The topological polar surface area (TPSA) is 78.3 Å². The lowest BCUT2D eigenvalue weighted by molar-refractivity contribution is -0.129. The molecule has 6 heteroatoms. The molecule has 106 valence electrons. The molecule has 6 nitrogen and oxygen atoms in total. The minimum Gasteiger partial charge on any atom is -0.497 e. The van der Waals surface area contributed by atoms with Gasteiger partial charge < -0.3 is 9.64 Å². The first-order valence-electron chi connectivity index (χ1n) is 6.60. The summed E-state index contributed by atoms with van der Waals surface area (Å²) in [6.45, 7) is 3.04. The van der Waals surface area contributed by atoms with E-state index < -0.39 is 0 Å². The zero-order valence-electron chi connectivity index (χ0n) is 11.7. The van der Waals surface area contributed by atoms with Crippen LogP contribution in [0.4, 0.5) is 0 Å². The smallest absolute Gasteiger partial charge is 0.223 e. The molecule has 1 aliphatic rings. The van der Waals surface area contributed by atoms with Crippen LogP contribution in [0.3, 0.4) is 0 Å². The third-order valence-corrected chi connectivity index (χ3v) is 3.71. The lowest BCUT2D eigenvalue weighted by Gasteiger charge is -2.25. The van der Waals surface area contributed by atoms with E-state index in [9.17, 15) is 4.79 Å². The van der Waals surface area contributed by atoms with Gasteiger partial charge in [-0.05, 0) is 36.1 Å². The molecule has 1 aliphatic heterocycles. The van der Waals surface area contributed by atoms with E-state index >= 15 is 0 Å². The molecule has 1 amide bonds. The Bertz CT molecular complexity index is 522. The van der Waals surface area contributed by atoms with E-state index in [4.69, 9.17) is 10.3 Å². The van der Waals surface area contributed by atoms with Crippen molar-refractivity contribution in [2.24, 2.45) is 11.0 Å². The third-order valence-electron chi connectivity index (χ3n) is 3.71. The van der Waals surface area contributed by atoms with E-state index in [0.717, 1.165) is 11.3 Å². The molecular weight excluding hydrogens is 256 g/mol. The highest BCUT2D eigenvalue weighted by Gasteiger charge is 2.32. The highest BCUT2D eigenvalue weighted by Crippen LogP contribution is 2.29. The van der Waals surface area contributed by atoms with Gasteiger partial charge in [-0.3, -0.25) is 4.79 Å². The fourth-order valence-corrected chi connectivity index (χ4v) is 2.52.